The Morgan fingerprint density at radius 2 is 2.11 bits per heavy atom. The maximum Gasteiger partial charge on any atom is 0.231 e. The topological polar surface area (TPSA) is 71.8 Å². The van der Waals surface area contributed by atoms with E-state index < -0.39 is 0 Å². The smallest absolute Gasteiger partial charge is 0.231 e. The number of benzene rings is 1. The number of carbonyl (C=O) groups excluding carboxylic acids is 1. The van der Waals surface area contributed by atoms with Gasteiger partial charge in [0.15, 0.2) is 5.65 Å². The van der Waals surface area contributed by atoms with Gasteiger partial charge in [0.1, 0.15) is 5.75 Å². The second kappa shape index (κ2) is 8.06. The molecule has 2 aromatic heterocycles. The number of hydrogen-bond donors (Lipinski definition) is 1. The first-order valence-corrected chi connectivity index (χ1v) is 9.68. The van der Waals surface area contributed by atoms with E-state index in [1.54, 1.807) is 13.2 Å². The van der Waals surface area contributed by atoms with Gasteiger partial charge in [0, 0.05) is 25.8 Å². The third-order valence-corrected chi connectivity index (χ3v) is 5.36. The number of nitrogens with one attached hydrogen (secondary N) is 1. The molecule has 1 N–H and O–H groups in total. The third kappa shape index (κ3) is 3.75. The lowest BCUT2D eigenvalue weighted by Gasteiger charge is -2.32. The fourth-order valence-corrected chi connectivity index (χ4v) is 3.74. The second-order valence-corrected chi connectivity index (χ2v) is 7.31. The van der Waals surface area contributed by atoms with Gasteiger partial charge < -0.3 is 15.0 Å². The number of anilines is 1. The molecule has 146 valence electrons. The average molecular weight is 400 g/mol. The number of ether oxygens (including phenoxy) is 1. The Balaban J connectivity index is 1.41. The Kier molecular flexibility index (Phi) is 5.34. The summed E-state index contributed by atoms with van der Waals surface area (Å²) in [6.07, 6.45) is 3.68. The Morgan fingerprint density at radius 1 is 1.29 bits per heavy atom. The van der Waals surface area contributed by atoms with Crippen molar-refractivity contribution in [3.05, 3.63) is 53.2 Å². The SMILES string of the molecule is COc1ccc(CNC(=O)C2CCCN(c3nnc4c(Cl)cccn34)C2)cc1. The molecule has 4 rings (SSSR count). The van der Waals surface area contributed by atoms with Crippen molar-refractivity contribution in [2.45, 2.75) is 19.4 Å². The molecular weight excluding hydrogens is 378 g/mol. The largest absolute Gasteiger partial charge is 0.497 e. The normalized spacial score (nSPS) is 16.9. The Bertz CT molecular complexity index is 972. The number of aromatic nitrogens is 3. The van der Waals surface area contributed by atoms with Crippen molar-refractivity contribution < 1.29 is 9.53 Å². The first kappa shape index (κ1) is 18.6. The minimum Gasteiger partial charge on any atom is -0.497 e. The van der Waals surface area contributed by atoms with Gasteiger partial charge in [0.25, 0.3) is 0 Å². The first-order chi connectivity index (χ1) is 13.7. The van der Waals surface area contributed by atoms with Crippen molar-refractivity contribution in [3.8, 4) is 5.75 Å². The van der Waals surface area contributed by atoms with Gasteiger partial charge in [-0.2, -0.15) is 0 Å². The molecule has 28 heavy (non-hydrogen) atoms. The van der Waals surface area contributed by atoms with E-state index in [1.165, 1.54) is 0 Å². The van der Waals surface area contributed by atoms with Crippen LogP contribution < -0.4 is 15.0 Å². The zero-order chi connectivity index (χ0) is 19.5. The highest BCUT2D eigenvalue weighted by atomic mass is 35.5. The summed E-state index contributed by atoms with van der Waals surface area (Å²) in [6.45, 7) is 1.96. The van der Waals surface area contributed by atoms with Crippen molar-refractivity contribution in [2.24, 2.45) is 5.92 Å². The van der Waals surface area contributed by atoms with E-state index in [9.17, 15) is 4.79 Å². The molecule has 1 aliphatic heterocycles. The molecule has 1 aromatic carbocycles. The molecule has 0 aliphatic carbocycles. The quantitative estimate of drug-likeness (QED) is 0.714. The van der Waals surface area contributed by atoms with Crippen molar-refractivity contribution in [2.75, 3.05) is 25.1 Å². The number of amides is 1. The van der Waals surface area contributed by atoms with Gasteiger partial charge in [0.2, 0.25) is 11.9 Å². The summed E-state index contributed by atoms with van der Waals surface area (Å²) in [5, 5.41) is 12.1. The van der Waals surface area contributed by atoms with E-state index >= 15 is 0 Å². The molecule has 1 aliphatic rings. The number of rotatable bonds is 5. The molecule has 8 heteroatoms. The number of piperidine rings is 1. The third-order valence-electron chi connectivity index (χ3n) is 5.07. The summed E-state index contributed by atoms with van der Waals surface area (Å²) in [5.74, 6) is 1.51. The highest BCUT2D eigenvalue weighted by Crippen LogP contribution is 2.25. The first-order valence-electron chi connectivity index (χ1n) is 9.30. The average Bonchev–Trinajstić information content (AvgIpc) is 3.18. The molecule has 0 saturated carbocycles. The van der Waals surface area contributed by atoms with Gasteiger partial charge in [0.05, 0.1) is 18.1 Å². The van der Waals surface area contributed by atoms with E-state index in [2.05, 4.69) is 20.4 Å². The van der Waals surface area contributed by atoms with Crippen LogP contribution in [0.25, 0.3) is 5.65 Å². The maximum absolute atomic E-state index is 12.7. The summed E-state index contributed by atoms with van der Waals surface area (Å²) < 4.78 is 7.04. The Hall–Kier alpha value is -2.80. The number of hydrogen-bond acceptors (Lipinski definition) is 5. The Morgan fingerprint density at radius 3 is 2.89 bits per heavy atom. The van der Waals surface area contributed by atoms with Crippen LogP contribution in [0.3, 0.4) is 0 Å². The molecule has 1 atom stereocenters. The lowest BCUT2D eigenvalue weighted by atomic mass is 9.97. The van der Waals surface area contributed by atoms with Gasteiger partial charge in [-0.15, -0.1) is 10.2 Å². The monoisotopic (exact) mass is 399 g/mol. The van der Waals surface area contributed by atoms with Crippen molar-refractivity contribution in [1.29, 1.82) is 0 Å². The van der Waals surface area contributed by atoms with Crippen molar-refractivity contribution in [1.82, 2.24) is 19.9 Å². The van der Waals surface area contributed by atoms with E-state index in [0.29, 0.717) is 23.8 Å². The lowest BCUT2D eigenvalue weighted by Crippen LogP contribution is -2.43. The van der Waals surface area contributed by atoms with Crippen LogP contribution in [-0.4, -0.2) is 40.7 Å². The molecule has 0 spiro atoms. The zero-order valence-corrected chi connectivity index (χ0v) is 16.4. The van der Waals surface area contributed by atoms with Gasteiger partial charge in [-0.3, -0.25) is 9.20 Å². The number of pyridine rings is 1. The number of fused-ring (bicyclic) bond motifs is 1. The van der Waals surface area contributed by atoms with Crippen LogP contribution in [-0.2, 0) is 11.3 Å². The molecule has 1 unspecified atom stereocenters. The molecule has 1 fully saturated rings. The molecule has 3 aromatic rings. The molecule has 3 heterocycles. The summed E-state index contributed by atoms with van der Waals surface area (Å²) in [5.41, 5.74) is 1.67. The number of halogens is 1. The fourth-order valence-electron chi connectivity index (χ4n) is 3.54. The highest BCUT2D eigenvalue weighted by Gasteiger charge is 2.28. The van der Waals surface area contributed by atoms with Crippen LogP contribution in [0.5, 0.6) is 5.75 Å². The van der Waals surface area contributed by atoms with Crippen LogP contribution in [0.2, 0.25) is 5.02 Å². The number of nitrogens with zero attached hydrogens (tertiary/aromatic N) is 4. The predicted octanol–water partition coefficient (Wildman–Crippen LogP) is 2.92. The summed E-state index contributed by atoms with van der Waals surface area (Å²) in [7, 11) is 1.64. The van der Waals surface area contributed by atoms with E-state index in [-0.39, 0.29) is 11.8 Å². The van der Waals surface area contributed by atoms with Gasteiger partial charge in [-0.05, 0) is 42.7 Å². The van der Waals surface area contributed by atoms with Gasteiger partial charge >= 0.3 is 0 Å². The van der Waals surface area contributed by atoms with E-state index in [4.69, 9.17) is 16.3 Å². The lowest BCUT2D eigenvalue weighted by molar-refractivity contribution is -0.125. The maximum atomic E-state index is 12.7. The van der Waals surface area contributed by atoms with Gasteiger partial charge in [-0.25, -0.2) is 0 Å². The minimum atomic E-state index is -0.0847. The van der Waals surface area contributed by atoms with Crippen LogP contribution in [0.15, 0.2) is 42.6 Å². The van der Waals surface area contributed by atoms with Gasteiger partial charge in [-0.1, -0.05) is 23.7 Å². The Labute approximate surface area is 168 Å². The van der Waals surface area contributed by atoms with Crippen molar-refractivity contribution in [3.63, 3.8) is 0 Å². The summed E-state index contributed by atoms with van der Waals surface area (Å²) in [6, 6.07) is 11.4. The van der Waals surface area contributed by atoms with Crippen LogP contribution in [0, 0.1) is 5.92 Å². The second-order valence-electron chi connectivity index (χ2n) is 6.90. The summed E-state index contributed by atoms with van der Waals surface area (Å²) >= 11 is 6.19. The standard InChI is InChI=1S/C20H22ClN5O2/c1-28-16-8-6-14(7-9-16)12-22-19(27)15-4-2-10-25(13-15)20-24-23-18-17(21)5-3-11-26(18)20/h3,5-9,11,15H,2,4,10,12-13H2,1H3,(H,22,27). The molecule has 1 saturated heterocycles. The molecule has 7 nitrogen and oxygen atoms in total. The van der Waals surface area contributed by atoms with E-state index in [0.717, 1.165) is 36.6 Å². The fraction of sp³-hybridized carbons (Fsp3) is 0.350. The zero-order valence-electron chi connectivity index (χ0n) is 15.6. The highest BCUT2D eigenvalue weighted by molar-refractivity contribution is 6.33. The summed E-state index contributed by atoms with van der Waals surface area (Å²) in [4.78, 5) is 14.8. The number of methoxy groups -OCH3 is 1. The molecule has 1 amide bonds. The van der Waals surface area contributed by atoms with Crippen molar-refractivity contribution >= 4 is 29.1 Å². The number of carbonyl (C=O) groups is 1. The van der Waals surface area contributed by atoms with Crippen LogP contribution >= 0.6 is 11.6 Å². The minimum absolute atomic E-state index is 0.0624. The van der Waals surface area contributed by atoms with E-state index in [1.807, 2.05) is 40.9 Å². The van der Waals surface area contributed by atoms with Crippen LogP contribution in [0.4, 0.5) is 5.95 Å². The molecule has 0 radical (unpaired) electrons. The predicted molar refractivity (Wildman–Crippen MR) is 108 cm³/mol. The molecular formula is C20H22ClN5O2. The molecule has 0 bridgehead atoms. The van der Waals surface area contributed by atoms with Crippen LogP contribution in [0.1, 0.15) is 18.4 Å².